The summed E-state index contributed by atoms with van der Waals surface area (Å²) < 4.78 is 7.94. The summed E-state index contributed by atoms with van der Waals surface area (Å²) in [5, 5.41) is 0.611. The molecule has 3 aromatic heterocycles. The summed E-state index contributed by atoms with van der Waals surface area (Å²) in [6.45, 7) is 0.353. The number of pyridine rings is 1. The lowest BCUT2D eigenvalue weighted by molar-refractivity contribution is 0.0957. The fourth-order valence-corrected chi connectivity index (χ4v) is 4.29. The number of benzene rings is 1. The molecular weight excluding hydrogens is 482 g/mol. The third-order valence-corrected chi connectivity index (χ3v) is 5.62. The minimum Gasteiger partial charge on any atom is -0.444 e. The van der Waals surface area contributed by atoms with E-state index in [0.29, 0.717) is 16.3 Å². The zero-order valence-corrected chi connectivity index (χ0v) is 17.2. The predicted molar refractivity (Wildman–Crippen MR) is 108 cm³/mol. The third-order valence-electron chi connectivity index (χ3n) is 3.66. The van der Waals surface area contributed by atoms with Crippen molar-refractivity contribution in [2.24, 2.45) is 0 Å². The quantitative estimate of drug-likeness (QED) is 0.369. The van der Waals surface area contributed by atoms with Gasteiger partial charge >= 0.3 is 0 Å². The highest BCUT2D eigenvalue weighted by Crippen LogP contribution is 2.32. The van der Waals surface area contributed by atoms with E-state index < -0.39 is 0 Å². The Morgan fingerprint density at radius 2 is 2.08 bits per heavy atom. The largest absolute Gasteiger partial charge is 0.444 e. The van der Waals surface area contributed by atoms with Gasteiger partial charge in [0.05, 0.1) is 16.8 Å². The lowest BCUT2D eigenvalue weighted by Gasteiger charge is -2.18. The molecule has 130 valence electrons. The van der Waals surface area contributed by atoms with Crippen molar-refractivity contribution >= 4 is 64.5 Å². The SMILES string of the molecule is O=C(c1ccc(Br)o1)N(Cc1cccnc1)c1nc2ccc(Br)cc2s1. The van der Waals surface area contributed by atoms with Gasteiger partial charge in [0, 0.05) is 16.9 Å². The normalized spacial score (nSPS) is 11.0. The second-order valence-corrected chi connectivity index (χ2v) is 8.17. The minimum atomic E-state index is -0.252. The van der Waals surface area contributed by atoms with E-state index in [0.717, 1.165) is 20.3 Å². The first-order chi connectivity index (χ1) is 12.6. The van der Waals surface area contributed by atoms with Crippen molar-refractivity contribution in [1.82, 2.24) is 9.97 Å². The van der Waals surface area contributed by atoms with Crippen LogP contribution in [0.4, 0.5) is 5.13 Å². The fourth-order valence-electron chi connectivity index (χ4n) is 2.46. The molecule has 5 nitrogen and oxygen atoms in total. The molecule has 0 spiro atoms. The summed E-state index contributed by atoms with van der Waals surface area (Å²) in [7, 11) is 0. The van der Waals surface area contributed by atoms with E-state index in [1.54, 1.807) is 29.4 Å². The molecule has 0 saturated heterocycles. The van der Waals surface area contributed by atoms with Gasteiger partial charge in [-0.1, -0.05) is 33.3 Å². The van der Waals surface area contributed by atoms with E-state index in [-0.39, 0.29) is 11.7 Å². The van der Waals surface area contributed by atoms with Crippen LogP contribution in [0, 0.1) is 0 Å². The molecule has 0 radical (unpaired) electrons. The molecule has 0 unspecified atom stereocenters. The molecule has 4 rings (SSSR count). The predicted octanol–water partition coefficient (Wildman–Crippen LogP) is 5.66. The molecule has 3 heterocycles. The summed E-state index contributed by atoms with van der Waals surface area (Å²) in [6, 6.07) is 13.0. The summed E-state index contributed by atoms with van der Waals surface area (Å²) in [4.78, 5) is 23.4. The second kappa shape index (κ2) is 7.30. The maximum atomic E-state index is 13.1. The molecule has 26 heavy (non-hydrogen) atoms. The van der Waals surface area contributed by atoms with Gasteiger partial charge in [-0.2, -0.15) is 0 Å². The highest BCUT2D eigenvalue weighted by molar-refractivity contribution is 9.10. The minimum absolute atomic E-state index is 0.251. The maximum Gasteiger partial charge on any atom is 0.296 e. The Labute approximate surface area is 169 Å². The molecule has 4 aromatic rings. The van der Waals surface area contributed by atoms with E-state index in [2.05, 4.69) is 41.8 Å². The van der Waals surface area contributed by atoms with Gasteiger partial charge in [-0.25, -0.2) is 4.98 Å². The number of hydrogen-bond donors (Lipinski definition) is 0. The van der Waals surface area contributed by atoms with Gasteiger partial charge in [-0.15, -0.1) is 0 Å². The molecular formula is C18H11Br2N3O2S. The van der Waals surface area contributed by atoms with Gasteiger partial charge in [0.2, 0.25) is 0 Å². The van der Waals surface area contributed by atoms with Crippen molar-refractivity contribution in [2.75, 3.05) is 4.90 Å². The van der Waals surface area contributed by atoms with E-state index in [1.165, 1.54) is 11.3 Å². The van der Waals surface area contributed by atoms with Crippen LogP contribution < -0.4 is 4.90 Å². The summed E-state index contributed by atoms with van der Waals surface area (Å²) in [5.74, 6) is -0.00104. The fraction of sp³-hybridized carbons (Fsp3) is 0.0556. The van der Waals surface area contributed by atoms with Crippen LogP contribution in [0.5, 0.6) is 0 Å². The van der Waals surface area contributed by atoms with Gasteiger partial charge in [-0.3, -0.25) is 14.7 Å². The van der Waals surface area contributed by atoms with Gasteiger partial charge in [-0.05, 0) is 57.9 Å². The highest BCUT2D eigenvalue weighted by Gasteiger charge is 2.24. The van der Waals surface area contributed by atoms with Crippen molar-refractivity contribution < 1.29 is 9.21 Å². The van der Waals surface area contributed by atoms with E-state index in [1.807, 2.05) is 30.3 Å². The van der Waals surface area contributed by atoms with Crippen LogP contribution in [-0.4, -0.2) is 15.9 Å². The van der Waals surface area contributed by atoms with Crippen molar-refractivity contribution in [3.8, 4) is 0 Å². The Hall–Kier alpha value is -2.03. The molecule has 0 aliphatic heterocycles. The lowest BCUT2D eigenvalue weighted by atomic mass is 10.2. The summed E-state index contributed by atoms with van der Waals surface area (Å²) >= 11 is 8.17. The first kappa shape index (κ1) is 17.4. The van der Waals surface area contributed by atoms with Crippen molar-refractivity contribution in [3.05, 3.63) is 75.3 Å². The monoisotopic (exact) mass is 491 g/mol. The number of aromatic nitrogens is 2. The number of furan rings is 1. The number of rotatable bonds is 4. The van der Waals surface area contributed by atoms with Gasteiger partial charge < -0.3 is 4.42 Å². The van der Waals surface area contributed by atoms with Crippen LogP contribution in [-0.2, 0) is 6.54 Å². The molecule has 8 heteroatoms. The molecule has 0 saturated carbocycles. The number of carbonyl (C=O) groups is 1. The molecule has 1 aromatic carbocycles. The number of nitrogens with zero attached hydrogens (tertiary/aromatic N) is 3. The molecule has 0 fully saturated rings. The lowest BCUT2D eigenvalue weighted by Crippen LogP contribution is -2.30. The van der Waals surface area contributed by atoms with E-state index in [9.17, 15) is 4.79 Å². The van der Waals surface area contributed by atoms with Crippen LogP contribution in [0.25, 0.3) is 10.2 Å². The standard InChI is InChI=1S/C18H11Br2N3O2S/c19-12-3-4-13-15(8-12)26-18(22-13)23(10-11-2-1-7-21-9-11)17(24)14-5-6-16(20)25-14/h1-9H,10H2. The Morgan fingerprint density at radius 3 is 2.81 bits per heavy atom. The van der Waals surface area contributed by atoms with Gasteiger partial charge in [0.25, 0.3) is 5.91 Å². The summed E-state index contributed by atoms with van der Waals surface area (Å²) in [6.07, 6.45) is 3.44. The number of amides is 1. The average molecular weight is 493 g/mol. The van der Waals surface area contributed by atoms with Crippen molar-refractivity contribution in [1.29, 1.82) is 0 Å². The van der Waals surface area contributed by atoms with Crippen LogP contribution in [0.1, 0.15) is 16.1 Å². The molecule has 0 atom stereocenters. The molecule has 0 aliphatic rings. The molecule has 1 amide bonds. The zero-order chi connectivity index (χ0) is 18.1. The van der Waals surface area contributed by atoms with Crippen LogP contribution in [0.15, 0.2) is 68.4 Å². The average Bonchev–Trinajstić information content (AvgIpc) is 3.25. The third kappa shape index (κ3) is 3.58. The number of thiazole rings is 1. The Bertz CT molecular complexity index is 1080. The smallest absolute Gasteiger partial charge is 0.296 e. The van der Waals surface area contributed by atoms with Crippen molar-refractivity contribution in [2.45, 2.75) is 6.54 Å². The molecule has 0 bridgehead atoms. The summed E-state index contributed by atoms with van der Waals surface area (Å²) in [5.41, 5.74) is 1.75. The highest BCUT2D eigenvalue weighted by atomic mass is 79.9. The first-order valence-corrected chi connectivity index (χ1v) is 10.0. The Kier molecular flexibility index (Phi) is 4.88. The number of halogens is 2. The first-order valence-electron chi connectivity index (χ1n) is 7.62. The maximum absolute atomic E-state index is 13.1. The topological polar surface area (TPSA) is 59.2 Å². The van der Waals surface area contributed by atoms with E-state index in [4.69, 9.17) is 4.42 Å². The van der Waals surface area contributed by atoms with Crippen LogP contribution >= 0.6 is 43.2 Å². The zero-order valence-electron chi connectivity index (χ0n) is 13.2. The van der Waals surface area contributed by atoms with Crippen LogP contribution in [0.3, 0.4) is 0 Å². The molecule has 0 N–H and O–H groups in total. The van der Waals surface area contributed by atoms with E-state index >= 15 is 0 Å². The van der Waals surface area contributed by atoms with Crippen LogP contribution in [0.2, 0.25) is 0 Å². The Morgan fingerprint density at radius 1 is 1.19 bits per heavy atom. The number of hydrogen-bond acceptors (Lipinski definition) is 5. The van der Waals surface area contributed by atoms with Gasteiger partial charge in [0.1, 0.15) is 0 Å². The van der Waals surface area contributed by atoms with Gasteiger partial charge in [0.15, 0.2) is 15.6 Å². The number of carbonyl (C=O) groups excluding carboxylic acids is 1. The number of fused-ring (bicyclic) bond motifs is 1. The number of anilines is 1. The Balaban J connectivity index is 1.76. The molecule has 0 aliphatic carbocycles. The second-order valence-electron chi connectivity index (χ2n) is 5.46. The van der Waals surface area contributed by atoms with Crippen molar-refractivity contribution in [3.63, 3.8) is 0 Å².